The molecule has 17 heavy (non-hydrogen) atoms. The van der Waals surface area contributed by atoms with Crippen molar-refractivity contribution in [1.29, 1.82) is 0 Å². The number of nitrogens with one attached hydrogen (secondary N) is 2. The van der Waals surface area contributed by atoms with E-state index in [0.29, 0.717) is 6.04 Å². The second-order valence-electron chi connectivity index (χ2n) is 4.67. The van der Waals surface area contributed by atoms with Gasteiger partial charge in [0.2, 0.25) is 0 Å². The summed E-state index contributed by atoms with van der Waals surface area (Å²) >= 11 is 3.73. The van der Waals surface area contributed by atoms with Crippen molar-refractivity contribution >= 4 is 29.6 Å². The Kier molecular flexibility index (Phi) is 7.19. The molecule has 3 nitrogen and oxygen atoms in total. The van der Waals surface area contributed by atoms with E-state index in [4.69, 9.17) is 0 Å². The highest BCUT2D eigenvalue weighted by Gasteiger charge is 2.25. The summed E-state index contributed by atoms with van der Waals surface area (Å²) < 4.78 is 0. The number of carbonyl (C=O) groups is 1. The lowest BCUT2D eigenvalue weighted by atomic mass is 10.2. The van der Waals surface area contributed by atoms with Crippen molar-refractivity contribution in [2.75, 3.05) is 18.3 Å². The molecule has 0 bridgehead atoms. The average Bonchev–Trinajstić information content (AvgIpc) is 2.73. The smallest absolute Gasteiger partial charge is 0.315 e. The molecule has 0 unspecified atom stereocenters. The van der Waals surface area contributed by atoms with Crippen LogP contribution in [0.25, 0.3) is 0 Å². The van der Waals surface area contributed by atoms with Gasteiger partial charge in [0, 0.05) is 17.3 Å². The SMILES string of the molecule is CSCC[C@H](C)NC(=O)N[C@@H]1CC[C@H](SC)C1. The van der Waals surface area contributed by atoms with Crippen LogP contribution in [0.15, 0.2) is 0 Å². The van der Waals surface area contributed by atoms with Gasteiger partial charge in [0.25, 0.3) is 0 Å². The molecule has 1 saturated carbocycles. The highest BCUT2D eigenvalue weighted by molar-refractivity contribution is 7.99. The Morgan fingerprint density at radius 3 is 2.76 bits per heavy atom. The summed E-state index contributed by atoms with van der Waals surface area (Å²) in [4.78, 5) is 11.7. The zero-order valence-corrected chi connectivity index (χ0v) is 12.6. The van der Waals surface area contributed by atoms with Crippen LogP contribution in [0, 0.1) is 0 Å². The van der Waals surface area contributed by atoms with E-state index in [1.807, 2.05) is 23.5 Å². The van der Waals surface area contributed by atoms with Gasteiger partial charge in [0.1, 0.15) is 0 Å². The van der Waals surface area contributed by atoms with E-state index in [2.05, 4.69) is 30.1 Å². The highest BCUT2D eigenvalue weighted by atomic mass is 32.2. The molecule has 1 aliphatic carbocycles. The van der Waals surface area contributed by atoms with Crippen LogP contribution in [-0.4, -0.2) is 41.6 Å². The first-order valence-corrected chi connectivity index (χ1v) is 8.92. The van der Waals surface area contributed by atoms with E-state index in [9.17, 15) is 4.79 Å². The average molecular weight is 276 g/mol. The van der Waals surface area contributed by atoms with Crippen LogP contribution in [-0.2, 0) is 0 Å². The van der Waals surface area contributed by atoms with Crippen molar-refractivity contribution in [3.8, 4) is 0 Å². The largest absolute Gasteiger partial charge is 0.336 e. The Bertz CT molecular complexity index is 239. The standard InChI is InChI=1S/C12H24N2OS2/c1-9(6-7-16-2)13-12(15)14-10-4-5-11(8-10)17-3/h9-11H,4-8H2,1-3H3,(H2,13,14,15)/t9-,10+,11-/m0/s1. The second-order valence-corrected chi connectivity index (χ2v) is 6.79. The van der Waals surface area contributed by atoms with E-state index in [0.717, 1.165) is 30.3 Å². The third kappa shape index (κ3) is 5.91. The number of amides is 2. The monoisotopic (exact) mass is 276 g/mol. The second kappa shape index (κ2) is 8.14. The fraction of sp³-hybridized carbons (Fsp3) is 0.917. The third-order valence-electron chi connectivity index (χ3n) is 3.19. The van der Waals surface area contributed by atoms with E-state index in [1.165, 1.54) is 6.42 Å². The summed E-state index contributed by atoms with van der Waals surface area (Å²) in [5, 5.41) is 6.82. The molecule has 0 aromatic rings. The van der Waals surface area contributed by atoms with Crippen molar-refractivity contribution in [1.82, 2.24) is 10.6 Å². The number of hydrogen-bond donors (Lipinski definition) is 2. The first kappa shape index (κ1) is 15.0. The lowest BCUT2D eigenvalue weighted by molar-refractivity contribution is 0.234. The van der Waals surface area contributed by atoms with Crippen molar-refractivity contribution in [3.63, 3.8) is 0 Å². The normalized spacial score (nSPS) is 25.6. The number of hydrogen-bond acceptors (Lipinski definition) is 3. The van der Waals surface area contributed by atoms with Gasteiger partial charge in [0.15, 0.2) is 0 Å². The summed E-state index contributed by atoms with van der Waals surface area (Å²) in [5.74, 6) is 1.10. The quantitative estimate of drug-likeness (QED) is 0.784. The predicted octanol–water partition coefficient (Wildman–Crippen LogP) is 2.71. The molecule has 0 spiro atoms. The molecule has 1 fully saturated rings. The minimum absolute atomic E-state index is 0.00496. The molecule has 3 atom stereocenters. The van der Waals surface area contributed by atoms with E-state index in [-0.39, 0.29) is 12.1 Å². The van der Waals surface area contributed by atoms with Gasteiger partial charge >= 0.3 is 6.03 Å². The first-order valence-electron chi connectivity index (χ1n) is 6.24. The van der Waals surface area contributed by atoms with Gasteiger partial charge in [-0.15, -0.1) is 0 Å². The summed E-state index contributed by atoms with van der Waals surface area (Å²) in [5.41, 5.74) is 0. The molecule has 2 N–H and O–H groups in total. The van der Waals surface area contributed by atoms with Gasteiger partial charge in [-0.2, -0.15) is 23.5 Å². The van der Waals surface area contributed by atoms with Crippen LogP contribution < -0.4 is 10.6 Å². The number of carbonyl (C=O) groups excluding carboxylic acids is 1. The van der Waals surface area contributed by atoms with Crippen molar-refractivity contribution < 1.29 is 4.79 Å². The van der Waals surface area contributed by atoms with Gasteiger partial charge in [-0.1, -0.05) is 0 Å². The molecular weight excluding hydrogens is 252 g/mol. The Labute approximate surface area is 113 Å². The Morgan fingerprint density at radius 1 is 1.41 bits per heavy atom. The molecule has 100 valence electrons. The lowest BCUT2D eigenvalue weighted by Crippen LogP contribution is -2.44. The van der Waals surface area contributed by atoms with Crippen LogP contribution in [0.2, 0.25) is 0 Å². The maximum Gasteiger partial charge on any atom is 0.315 e. The van der Waals surface area contributed by atoms with Crippen LogP contribution in [0.5, 0.6) is 0 Å². The molecule has 0 aromatic carbocycles. The zero-order chi connectivity index (χ0) is 12.7. The van der Waals surface area contributed by atoms with Gasteiger partial charge < -0.3 is 10.6 Å². The van der Waals surface area contributed by atoms with Crippen LogP contribution in [0.1, 0.15) is 32.6 Å². The first-order chi connectivity index (χ1) is 8.15. The van der Waals surface area contributed by atoms with Crippen LogP contribution in [0.3, 0.4) is 0 Å². The van der Waals surface area contributed by atoms with Gasteiger partial charge in [-0.25, -0.2) is 4.79 Å². The Morgan fingerprint density at radius 2 is 2.18 bits per heavy atom. The molecule has 2 amide bonds. The molecular formula is C12H24N2OS2. The third-order valence-corrected chi connectivity index (χ3v) is 4.92. The molecule has 0 heterocycles. The molecule has 0 radical (unpaired) electrons. The summed E-state index contributed by atoms with van der Waals surface area (Å²) in [6, 6.07) is 0.644. The summed E-state index contributed by atoms with van der Waals surface area (Å²) in [7, 11) is 0. The molecule has 0 aromatic heterocycles. The van der Waals surface area contributed by atoms with E-state index >= 15 is 0 Å². The van der Waals surface area contributed by atoms with Crippen molar-refractivity contribution in [2.24, 2.45) is 0 Å². The molecule has 5 heteroatoms. The van der Waals surface area contributed by atoms with Crippen molar-refractivity contribution in [3.05, 3.63) is 0 Å². The molecule has 1 rings (SSSR count). The Balaban J connectivity index is 2.16. The lowest BCUT2D eigenvalue weighted by Gasteiger charge is -2.17. The maximum atomic E-state index is 11.7. The van der Waals surface area contributed by atoms with Crippen LogP contribution in [0.4, 0.5) is 4.79 Å². The predicted molar refractivity (Wildman–Crippen MR) is 79.1 cm³/mol. The van der Waals surface area contributed by atoms with Gasteiger partial charge in [0.05, 0.1) is 0 Å². The number of urea groups is 1. The fourth-order valence-electron chi connectivity index (χ4n) is 2.10. The topological polar surface area (TPSA) is 41.1 Å². The van der Waals surface area contributed by atoms with E-state index < -0.39 is 0 Å². The number of rotatable bonds is 6. The number of thioether (sulfide) groups is 2. The minimum atomic E-state index is 0.00496. The maximum absolute atomic E-state index is 11.7. The Hall–Kier alpha value is -0.0300. The molecule has 1 aliphatic rings. The minimum Gasteiger partial charge on any atom is -0.336 e. The van der Waals surface area contributed by atoms with Crippen molar-refractivity contribution in [2.45, 2.75) is 49.9 Å². The summed E-state index contributed by atoms with van der Waals surface area (Å²) in [6.45, 7) is 2.06. The highest BCUT2D eigenvalue weighted by Crippen LogP contribution is 2.27. The van der Waals surface area contributed by atoms with Gasteiger partial charge in [-0.3, -0.25) is 0 Å². The van der Waals surface area contributed by atoms with Gasteiger partial charge in [-0.05, 0) is 50.9 Å². The zero-order valence-electron chi connectivity index (χ0n) is 11.0. The molecule has 0 saturated heterocycles. The van der Waals surface area contributed by atoms with E-state index in [1.54, 1.807) is 0 Å². The summed E-state index contributed by atoms with van der Waals surface area (Å²) in [6.07, 6.45) is 8.75. The van der Waals surface area contributed by atoms with Crippen LogP contribution >= 0.6 is 23.5 Å². The fourth-order valence-corrected chi connectivity index (χ4v) is 3.49. The molecule has 0 aliphatic heterocycles.